The Bertz CT molecular complexity index is 833. The van der Waals surface area contributed by atoms with Gasteiger partial charge in [0.1, 0.15) is 6.17 Å². The molecule has 2 aromatic rings. The molecule has 1 N–H and O–H groups in total. The van der Waals surface area contributed by atoms with Crippen molar-refractivity contribution >= 4 is 5.69 Å². The maximum absolute atomic E-state index is 14.4. The number of ether oxygens (including phenoxy) is 1. The van der Waals surface area contributed by atoms with Gasteiger partial charge >= 0.3 is 0 Å². The van der Waals surface area contributed by atoms with E-state index in [9.17, 15) is 4.39 Å². The molecule has 4 rings (SSSR count). The van der Waals surface area contributed by atoms with Crippen molar-refractivity contribution in [1.82, 2.24) is 4.98 Å². The minimum Gasteiger partial charge on any atom is -0.370 e. The normalized spacial score (nSPS) is 29.8. The summed E-state index contributed by atoms with van der Waals surface area (Å²) in [5.74, 6) is -0.0125. The highest BCUT2D eigenvalue weighted by molar-refractivity contribution is 5.52. The fourth-order valence-electron chi connectivity index (χ4n) is 4.28. The van der Waals surface area contributed by atoms with Crippen LogP contribution in [0.2, 0.25) is 0 Å². The molecule has 0 aliphatic carbocycles. The number of rotatable bonds is 4. The predicted molar refractivity (Wildman–Crippen MR) is 102 cm³/mol. The molecule has 2 saturated heterocycles. The van der Waals surface area contributed by atoms with Crippen molar-refractivity contribution in [1.29, 1.82) is 0 Å². The summed E-state index contributed by atoms with van der Waals surface area (Å²) in [4.78, 5) is 4.40. The van der Waals surface area contributed by atoms with Crippen LogP contribution in [-0.4, -0.2) is 23.4 Å². The minimum absolute atomic E-state index is 0.0399. The number of hydrogen-bond donors (Lipinski definition) is 1. The van der Waals surface area contributed by atoms with Crippen molar-refractivity contribution in [3.8, 4) is 0 Å². The monoisotopic (exact) mass is 352 g/mol. The van der Waals surface area contributed by atoms with E-state index in [1.807, 2.05) is 25.3 Å². The molecule has 136 valence electrons. The van der Waals surface area contributed by atoms with Crippen LogP contribution in [0.15, 0.2) is 48.8 Å². The highest BCUT2D eigenvalue weighted by Crippen LogP contribution is 2.52. The Labute approximate surface area is 154 Å². The second-order valence-corrected chi connectivity index (χ2v) is 7.62. The zero-order valence-corrected chi connectivity index (χ0v) is 15.5. The molecule has 0 saturated carbocycles. The van der Waals surface area contributed by atoms with Gasteiger partial charge in [0.05, 0.1) is 12.2 Å². The summed E-state index contributed by atoms with van der Waals surface area (Å²) >= 11 is 0. The van der Waals surface area contributed by atoms with E-state index in [1.54, 1.807) is 0 Å². The van der Waals surface area contributed by atoms with Crippen LogP contribution in [0, 0.1) is 26.7 Å². The van der Waals surface area contributed by atoms with Gasteiger partial charge in [-0.05, 0) is 55.7 Å². The summed E-state index contributed by atoms with van der Waals surface area (Å²) in [6.45, 7) is 10.4. The van der Waals surface area contributed by atoms with Gasteiger partial charge in [0.2, 0.25) is 0 Å². The Kier molecular flexibility index (Phi) is 4.31. The van der Waals surface area contributed by atoms with Crippen LogP contribution in [0.25, 0.3) is 0 Å². The van der Waals surface area contributed by atoms with Crippen LogP contribution in [0.3, 0.4) is 0 Å². The third-order valence-electron chi connectivity index (χ3n) is 5.82. The number of fused-ring (bicyclic) bond motifs is 2. The molecule has 1 aromatic heterocycles. The lowest BCUT2D eigenvalue weighted by atomic mass is 9.73. The molecule has 0 amide bonds. The fourth-order valence-corrected chi connectivity index (χ4v) is 4.28. The third-order valence-corrected chi connectivity index (χ3v) is 5.82. The number of aromatic nitrogens is 1. The first-order valence-electron chi connectivity index (χ1n) is 9.19. The smallest absolute Gasteiger partial charge is 0.129 e. The van der Waals surface area contributed by atoms with Crippen molar-refractivity contribution in [3.63, 3.8) is 0 Å². The Morgan fingerprint density at radius 1 is 1.19 bits per heavy atom. The van der Waals surface area contributed by atoms with Gasteiger partial charge < -0.3 is 10.1 Å². The van der Waals surface area contributed by atoms with Crippen molar-refractivity contribution in [2.24, 2.45) is 5.92 Å². The van der Waals surface area contributed by atoms with Crippen molar-refractivity contribution in [3.05, 3.63) is 71.2 Å². The highest BCUT2D eigenvalue weighted by Gasteiger charge is 2.56. The molecule has 2 aliphatic rings. The van der Waals surface area contributed by atoms with Gasteiger partial charge in [0, 0.05) is 41.5 Å². The lowest BCUT2D eigenvalue weighted by molar-refractivity contribution is 0.0752. The maximum atomic E-state index is 14.4. The first-order valence-corrected chi connectivity index (χ1v) is 9.19. The zero-order chi connectivity index (χ0) is 18.4. The second kappa shape index (κ2) is 6.51. The Balaban J connectivity index is 1.61. The van der Waals surface area contributed by atoms with E-state index < -0.39 is 12.3 Å². The zero-order valence-electron chi connectivity index (χ0n) is 15.5. The second-order valence-electron chi connectivity index (χ2n) is 7.62. The van der Waals surface area contributed by atoms with Crippen molar-refractivity contribution in [2.75, 3.05) is 5.32 Å². The molecule has 1 aromatic carbocycles. The number of benzene rings is 1. The van der Waals surface area contributed by atoms with E-state index in [0.29, 0.717) is 6.42 Å². The number of anilines is 1. The molecule has 2 fully saturated rings. The van der Waals surface area contributed by atoms with Gasteiger partial charge in [-0.15, -0.1) is 0 Å². The Hall–Kier alpha value is -2.20. The number of alkyl halides is 1. The molecular weight excluding hydrogens is 327 g/mol. The van der Waals surface area contributed by atoms with Crippen LogP contribution in [0.5, 0.6) is 0 Å². The van der Waals surface area contributed by atoms with Gasteiger partial charge in [-0.2, -0.15) is 0 Å². The molecule has 0 radical (unpaired) electrons. The van der Waals surface area contributed by atoms with Crippen molar-refractivity contribution in [2.45, 2.75) is 51.5 Å². The van der Waals surface area contributed by atoms with E-state index in [1.165, 1.54) is 11.1 Å². The molecule has 5 unspecified atom stereocenters. The van der Waals surface area contributed by atoms with Gasteiger partial charge in [-0.3, -0.25) is 4.98 Å². The molecular formula is C22H25FN2O. The molecule has 5 atom stereocenters. The standard InChI is InChI=1S/C22H25FN2O/c1-12-5-8-17(9-13(12)2)25-15(4)20-19-10-18(23)22(26-19)21(20)16-7-6-14(3)24-11-16/h5-9,11,18-22,25H,4,10H2,1-3H3. The summed E-state index contributed by atoms with van der Waals surface area (Å²) < 4.78 is 20.4. The Morgan fingerprint density at radius 3 is 2.69 bits per heavy atom. The maximum Gasteiger partial charge on any atom is 0.129 e. The predicted octanol–water partition coefficient (Wildman–Crippen LogP) is 4.84. The summed E-state index contributed by atoms with van der Waals surface area (Å²) in [5, 5.41) is 3.45. The van der Waals surface area contributed by atoms with Crippen LogP contribution in [0.1, 0.15) is 34.7 Å². The molecule has 3 nitrogen and oxygen atoms in total. The number of nitrogens with one attached hydrogen (secondary N) is 1. The first-order chi connectivity index (χ1) is 12.4. The van der Waals surface area contributed by atoms with E-state index in [4.69, 9.17) is 4.74 Å². The minimum atomic E-state index is -0.919. The van der Waals surface area contributed by atoms with E-state index in [-0.39, 0.29) is 17.9 Å². The van der Waals surface area contributed by atoms with Crippen LogP contribution < -0.4 is 5.32 Å². The quantitative estimate of drug-likeness (QED) is 0.855. The fraction of sp³-hybridized carbons (Fsp3) is 0.409. The van der Waals surface area contributed by atoms with E-state index >= 15 is 0 Å². The average molecular weight is 352 g/mol. The lowest BCUT2D eigenvalue weighted by Gasteiger charge is -2.32. The van der Waals surface area contributed by atoms with Gasteiger partial charge in [-0.1, -0.05) is 18.7 Å². The number of hydrogen-bond acceptors (Lipinski definition) is 3. The summed E-state index contributed by atoms with van der Waals surface area (Å²) in [7, 11) is 0. The Morgan fingerprint density at radius 2 is 2.00 bits per heavy atom. The number of halogens is 1. The van der Waals surface area contributed by atoms with Crippen LogP contribution in [0.4, 0.5) is 10.1 Å². The molecule has 2 bridgehead atoms. The lowest BCUT2D eigenvalue weighted by Crippen LogP contribution is -2.35. The van der Waals surface area contributed by atoms with Crippen LogP contribution >= 0.6 is 0 Å². The molecule has 0 spiro atoms. The average Bonchev–Trinajstić information content (AvgIpc) is 3.16. The van der Waals surface area contributed by atoms with Crippen molar-refractivity contribution < 1.29 is 9.13 Å². The van der Waals surface area contributed by atoms with Gasteiger partial charge in [-0.25, -0.2) is 4.39 Å². The summed E-state index contributed by atoms with van der Waals surface area (Å²) in [6, 6.07) is 10.3. The number of nitrogens with zero attached hydrogens (tertiary/aromatic N) is 1. The SMILES string of the molecule is C=C(Nc1ccc(C)c(C)c1)C1C2CC(F)C(O2)C1c1ccc(C)nc1. The topological polar surface area (TPSA) is 34.1 Å². The number of aryl methyl sites for hydroxylation is 3. The van der Waals surface area contributed by atoms with E-state index in [0.717, 1.165) is 22.6 Å². The van der Waals surface area contributed by atoms with Crippen LogP contribution in [-0.2, 0) is 4.74 Å². The molecule has 3 heterocycles. The third kappa shape index (κ3) is 2.92. The van der Waals surface area contributed by atoms with Gasteiger partial charge in [0.25, 0.3) is 0 Å². The van der Waals surface area contributed by atoms with E-state index in [2.05, 4.69) is 48.9 Å². The molecule has 26 heavy (non-hydrogen) atoms. The highest BCUT2D eigenvalue weighted by atomic mass is 19.1. The first kappa shape index (κ1) is 17.2. The molecule has 4 heteroatoms. The molecule has 2 aliphatic heterocycles. The largest absolute Gasteiger partial charge is 0.370 e. The summed E-state index contributed by atoms with van der Waals surface area (Å²) in [6.07, 6.45) is 0.837. The van der Waals surface area contributed by atoms with Gasteiger partial charge in [0.15, 0.2) is 0 Å². The number of pyridine rings is 1. The summed E-state index contributed by atoms with van der Waals surface area (Å²) in [5.41, 5.74) is 6.37.